The first-order valence-corrected chi connectivity index (χ1v) is 8.82. The summed E-state index contributed by atoms with van der Waals surface area (Å²) < 4.78 is 8.02. The number of nitrogens with zero attached hydrogens (tertiary/aromatic N) is 4. The van der Waals surface area contributed by atoms with Crippen molar-refractivity contribution in [3.63, 3.8) is 0 Å². The van der Waals surface area contributed by atoms with E-state index in [0.29, 0.717) is 12.1 Å². The summed E-state index contributed by atoms with van der Waals surface area (Å²) >= 11 is 0. The van der Waals surface area contributed by atoms with Crippen LogP contribution in [0, 0.1) is 0 Å². The molecule has 2 atom stereocenters. The van der Waals surface area contributed by atoms with Crippen molar-refractivity contribution in [2.75, 3.05) is 24.6 Å². The average Bonchev–Trinajstić information content (AvgIpc) is 3.25. The monoisotopic (exact) mass is 327 g/mol. The second kappa shape index (κ2) is 6.91. The van der Waals surface area contributed by atoms with Crippen LogP contribution in [0.1, 0.15) is 31.2 Å². The van der Waals surface area contributed by atoms with Crippen LogP contribution in [0.4, 0.5) is 5.82 Å². The van der Waals surface area contributed by atoms with Crippen molar-refractivity contribution in [1.82, 2.24) is 19.9 Å². The summed E-state index contributed by atoms with van der Waals surface area (Å²) in [5.74, 6) is 2.11. The van der Waals surface area contributed by atoms with Gasteiger partial charge >= 0.3 is 0 Å². The first-order chi connectivity index (χ1) is 11.8. The summed E-state index contributed by atoms with van der Waals surface area (Å²) in [6.45, 7) is 2.91. The third kappa shape index (κ3) is 3.16. The molecular formula is C18H25N5O. The fraction of sp³-hybridized carbons (Fsp3) is 0.556. The molecule has 0 spiro atoms. The van der Waals surface area contributed by atoms with Gasteiger partial charge in [0.2, 0.25) is 0 Å². The lowest BCUT2D eigenvalue weighted by atomic mass is 10.0. The summed E-state index contributed by atoms with van der Waals surface area (Å²) in [4.78, 5) is 11.3. The summed E-state index contributed by atoms with van der Waals surface area (Å²) in [5.41, 5.74) is 0. The van der Waals surface area contributed by atoms with Gasteiger partial charge in [0.05, 0.1) is 0 Å². The number of hydrogen-bond donors (Lipinski definition) is 1. The van der Waals surface area contributed by atoms with E-state index in [4.69, 9.17) is 4.74 Å². The Hall–Kier alpha value is -1.92. The summed E-state index contributed by atoms with van der Waals surface area (Å²) in [7, 11) is 2.03. The van der Waals surface area contributed by atoms with Gasteiger partial charge in [0.15, 0.2) is 0 Å². The van der Waals surface area contributed by atoms with Gasteiger partial charge in [-0.1, -0.05) is 6.07 Å². The van der Waals surface area contributed by atoms with E-state index in [0.717, 1.165) is 50.6 Å². The number of aromatic nitrogens is 3. The van der Waals surface area contributed by atoms with Gasteiger partial charge in [-0.25, -0.2) is 9.97 Å². The highest BCUT2D eigenvalue weighted by molar-refractivity contribution is 5.38. The number of rotatable bonds is 4. The number of nitrogens with one attached hydrogen (secondary N) is 1. The molecule has 4 heterocycles. The molecule has 0 aliphatic carbocycles. The second-order valence-electron chi connectivity index (χ2n) is 6.70. The zero-order valence-corrected chi connectivity index (χ0v) is 14.1. The molecule has 6 nitrogen and oxygen atoms in total. The second-order valence-corrected chi connectivity index (χ2v) is 6.70. The SMILES string of the molecule is Cn1ccnc1[C@H]1OCC[C@@H]1NC1CCN(c2ccccn2)CC1. The van der Waals surface area contributed by atoms with E-state index >= 15 is 0 Å². The average molecular weight is 327 g/mol. The highest BCUT2D eigenvalue weighted by atomic mass is 16.5. The van der Waals surface area contributed by atoms with Crippen molar-refractivity contribution in [3.8, 4) is 0 Å². The lowest BCUT2D eigenvalue weighted by Crippen LogP contribution is -2.47. The first-order valence-electron chi connectivity index (χ1n) is 8.82. The topological polar surface area (TPSA) is 55.2 Å². The maximum atomic E-state index is 5.96. The van der Waals surface area contributed by atoms with Crippen LogP contribution in [0.3, 0.4) is 0 Å². The molecule has 0 saturated carbocycles. The predicted molar refractivity (Wildman–Crippen MR) is 92.9 cm³/mol. The van der Waals surface area contributed by atoms with Crippen LogP contribution in [-0.4, -0.2) is 46.3 Å². The number of pyridine rings is 1. The van der Waals surface area contributed by atoms with E-state index in [9.17, 15) is 0 Å². The number of aryl methyl sites for hydroxylation is 1. The van der Waals surface area contributed by atoms with Crippen LogP contribution in [0.25, 0.3) is 0 Å². The van der Waals surface area contributed by atoms with Gasteiger partial charge < -0.3 is 19.5 Å². The summed E-state index contributed by atoms with van der Waals surface area (Å²) in [6, 6.07) is 7.02. The molecule has 2 aliphatic rings. The molecule has 2 aliphatic heterocycles. The molecule has 2 fully saturated rings. The maximum absolute atomic E-state index is 5.96. The number of hydrogen-bond acceptors (Lipinski definition) is 5. The lowest BCUT2D eigenvalue weighted by Gasteiger charge is -2.35. The van der Waals surface area contributed by atoms with Gasteiger partial charge in [-0.2, -0.15) is 0 Å². The van der Waals surface area contributed by atoms with Gasteiger partial charge in [-0.3, -0.25) is 0 Å². The van der Waals surface area contributed by atoms with Gasteiger partial charge in [0.1, 0.15) is 17.7 Å². The van der Waals surface area contributed by atoms with Gasteiger partial charge in [0, 0.05) is 57.4 Å². The van der Waals surface area contributed by atoms with E-state index < -0.39 is 0 Å². The first kappa shape index (κ1) is 15.6. The Balaban J connectivity index is 1.34. The van der Waals surface area contributed by atoms with Crippen LogP contribution < -0.4 is 10.2 Å². The number of imidazole rings is 1. The zero-order valence-electron chi connectivity index (χ0n) is 14.1. The quantitative estimate of drug-likeness (QED) is 0.929. The highest BCUT2D eigenvalue weighted by Gasteiger charge is 2.34. The number of piperidine rings is 1. The van der Waals surface area contributed by atoms with Crippen LogP contribution in [0.2, 0.25) is 0 Å². The Morgan fingerprint density at radius 2 is 2.00 bits per heavy atom. The predicted octanol–water partition coefficient (Wildman–Crippen LogP) is 1.90. The minimum absolute atomic E-state index is 0.0684. The molecule has 2 saturated heterocycles. The van der Waals surface area contributed by atoms with Crippen LogP contribution in [-0.2, 0) is 11.8 Å². The van der Waals surface area contributed by atoms with E-state index in [2.05, 4.69) is 36.9 Å². The normalized spacial score (nSPS) is 25.3. The minimum atomic E-state index is 0.0684. The van der Waals surface area contributed by atoms with E-state index in [1.54, 1.807) is 0 Å². The molecule has 128 valence electrons. The summed E-state index contributed by atoms with van der Waals surface area (Å²) in [5, 5.41) is 3.83. The van der Waals surface area contributed by atoms with Crippen molar-refractivity contribution < 1.29 is 4.74 Å². The molecule has 0 aromatic carbocycles. The standard InChI is InChI=1S/C18H25N5O/c1-22-12-9-20-18(22)17-15(7-13-24-17)21-14-5-10-23(11-6-14)16-4-2-3-8-19-16/h2-4,8-9,12,14-15,17,21H,5-7,10-11,13H2,1H3/t15-,17-/m0/s1. The molecule has 2 aromatic heterocycles. The van der Waals surface area contributed by atoms with E-state index in [-0.39, 0.29) is 6.10 Å². The Bertz CT molecular complexity index is 650. The van der Waals surface area contributed by atoms with Crippen molar-refractivity contribution in [2.45, 2.75) is 37.5 Å². The number of ether oxygens (including phenoxy) is 1. The van der Waals surface area contributed by atoms with Crippen molar-refractivity contribution in [2.24, 2.45) is 7.05 Å². The third-order valence-corrected chi connectivity index (χ3v) is 5.12. The molecule has 0 bridgehead atoms. The Kier molecular flexibility index (Phi) is 4.49. The Morgan fingerprint density at radius 3 is 2.71 bits per heavy atom. The Morgan fingerprint density at radius 1 is 1.12 bits per heavy atom. The molecule has 0 amide bonds. The molecule has 0 radical (unpaired) electrons. The van der Waals surface area contributed by atoms with Crippen LogP contribution in [0.15, 0.2) is 36.8 Å². The van der Waals surface area contributed by atoms with Crippen molar-refractivity contribution in [1.29, 1.82) is 0 Å². The van der Waals surface area contributed by atoms with Crippen molar-refractivity contribution >= 4 is 5.82 Å². The molecule has 24 heavy (non-hydrogen) atoms. The molecule has 2 aromatic rings. The van der Waals surface area contributed by atoms with E-state index in [1.807, 2.05) is 31.7 Å². The molecule has 6 heteroatoms. The van der Waals surface area contributed by atoms with Crippen LogP contribution >= 0.6 is 0 Å². The van der Waals surface area contributed by atoms with Crippen LogP contribution in [0.5, 0.6) is 0 Å². The maximum Gasteiger partial charge on any atom is 0.139 e. The van der Waals surface area contributed by atoms with Crippen molar-refractivity contribution in [3.05, 3.63) is 42.6 Å². The van der Waals surface area contributed by atoms with E-state index in [1.165, 1.54) is 0 Å². The number of anilines is 1. The Labute approximate surface area is 142 Å². The smallest absolute Gasteiger partial charge is 0.139 e. The molecule has 4 rings (SSSR count). The zero-order chi connectivity index (χ0) is 16.4. The molecule has 1 N–H and O–H groups in total. The third-order valence-electron chi connectivity index (χ3n) is 5.12. The highest BCUT2D eigenvalue weighted by Crippen LogP contribution is 2.29. The van der Waals surface area contributed by atoms with Gasteiger partial charge in [-0.15, -0.1) is 0 Å². The van der Waals surface area contributed by atoms with Gasteiger partial charge in [-0.05, 0) is 31.4 Å². The largest absolute Gasteiger partial charge is 0.369 e. The fourth-order valence-corrected chi connectivity index (χ4v) is 3.78. The summed E-state index contributed by atoms with van der Waals surface area (Å²) in [6.07, 6.45) is 9.10. The molecule has 0 unspecified atom stereocenters. The van der Waals surface area contributed by atoms with Gasteiger partial charge in [0.25, 0.3) is 0 Å². The lowest BCUT2D eigenvalue weighted by molar-refractivity contribution is 0.0863. The molecular weight excluding hydrogens is 302 g/mol. The minimum Gasteiger partial charge on any atom is -0.369 e. The fourth-order valence-electron chi connectivity index (χ4n) is 3.78.